The standard InChI is InChI=1S/C19H28N2O4/c1-2-3-13-23-17-7-5-16(6-8-17)20-18(22)21-11-9-19(10-12-21)24-14-4-15-25-19/h5-8H,2-4,9-15H2,1H3,(H,20,22). The molecule has 1 aromatic rings. The highest BCUT2D eigenvalue weighted by molar-refractivity contribution is 5.89. The summed E-state index contributed by atoms with van der Waals surface area (Å²) in [6, 6.07) is 7.45. The van der Waals surface area contributed by atoms with Gasteiger partial charge in [-0.1, -0.05) is 13.3 Å². The van der Waals surface area contributed by atoms with Gasteiger partial charge in [0.25, 0.3) is 0 Å². The number of nitrogens with zero attached hydrogens (tertiary/aromatic N) is 1. The Balaban J connectivity index is 1.46. The zero-order chi connectivity index (χ0) is 17.5. The molecule has 6 heteroatoms. The fourth-order valence-corrected chi connectivity index (χ4v) is 3.13. The molecule has 3 rings (SSSR count). The summed E-state index contributed by atoms with van der Waals surface area (Å²) in [6.45, 7) is 5.64. The van der Waals surface area contributed by atoms with Crippen LogP contribution in [0.4, 0.5) is 10.5 Å². The van der Waals surface area contributed by atoms with Crippen molar-refractivity contribution in [1.29, 1.82) is 0 Å². The predicted octanol–water partition coefficient (Wildman–Crippen LogP) is 3.63. The number of hydrogen-bond donors (Lipinski definition) is 1. The van der Waals surface area contributed by atoms with Crippen molar-refractivity contribution < 1.29 is 19.0 Å². The van der Waals surface area contributed by atoms with E-state index in [4.69, 9.17) is 14.2 Å². The van der Waals surface area contributed by atoms with Crippen molar-refractivity contribution in [2.24, 2.45) is 0 Å². The summed E-state index contributed by atoms with van der Waals surface area (Å²) >= 11 is 0. The summed E-state index contributed by atoms with van der Waals surface area (Å²) in [4.78, 5) is 14.3. The smallest absolute Gasteiger partial charge is 0.321 e. The van der Waals surface area contributed by atoms with Gasteiger partial charge in [-0.15, -0.1) is 0 Å². The Morgan fingerprint density at radius 1 is 1.20 bits per heavy atom. The van der Waals surface area contributed by atoms with Gasteiger partial charge in [-0.2, -0.15) is 0 Å². The van der Waals surface area contributed by atoms with Crippen molar-refractivity contribution in [3.63, 3.8) is 0 Å². The molecule has 0 unspecified atom stereocenters. The second-order valence-corrected chi connectivity index (χ2v) is 6.60. The first-order valence-electron chi connectivity index (χ1n) is 9.27. The van der Waals surface area contributed by atoms with Gasteiger partial charge in [0.15, 0.2) is 5.79 Å². The van der Waals surface area contributed by atoms with E-state index in [-0.39, 0.29) is 6.03 Å². The third-order valence-corrected chi connectivity index (χ3v) is 4.70. The van der Waals surface area contributed by atoms with E-state index < -0.39 is 5.79 Å². The first-order chi connectivity index (χ1) is 12.2. The molecule has 2 amide bonds. The van der Waals surface area contributed by atoms with Crippen molar-refractivity contribution in [2.75, 3.05) is 38.2 Å². The van der Waals surface area contributed by atoms with Gasteiger partial charge in [0.1, 0.15) is 5.75 Å². The van der Waals surface area contributed by atoms with Gasteiger partial charge >= 0.3 is 6.03 Å². The van der Waals surface area contributed by atoms with Gasteiger partial charge in [0.2, 0.25) is 0 Å². The molecule has 0 aromatic heterocycles. The third-order valence-electron chi connectivity index (χ3n) is 4.70. The van der Waals surface area contributed by atoms with Crippen molar-refractivity contribution in [1.82, 2.24) is 4.90 Å². The first-order valence-corrected chi connectivity index (χ1v) is 9.27. The lowest BCUT2D eigenvalue weighted by Crippen LogP contribution is -2.52. The maximum Gasteiger partial charge on any atom is 0.321 e. The molecule has 2 fully saturated rings. The zero-order valence-corrected chi connectivity index (χ0v) is 15.0. The van der Waals surface area contributed by atoms with Crippen LogP contribution in [0.2, 0.25) is 0 Å². The van der Waals surface area contributed by atoms with E-state index >= 15 is 0 Å². The monoisotopic (exact) mass is 348 g/mol. The van der Waals surface area contributed by atoms with Crippen LogP contribution < -0.4 is 10.1 Å². The molecule has 2 saturated heterocycles. The van der Waals surface area contributed by atoms with Gasteiger partial charge in [-0.05, 0) is 37.1 Å². The van der Waals surface area contributed by atoms with Crippen molar-refractivity contribution in [3.05, 3.63) is 24.3 Å². The number of urea groups is 1. The number of piperidine rings is 1. The molecular weight excluding hydrogens is 320 g/mol. The van der Waals surface area contributed by atoms with Crippen LogP contribution in [0.15, 0.2) is 24.3 Å². The minimum Gasteiger partial charge on any atom is -0.494 e. The number of unbranched alkanes of at least 4 members (excludes halogenated alkanes) is 1. The molecule has 0 atom stereocenters. The number of likely N-dealkylation sites (tertiary alicyclic amines) is 1. The molecule has 0 radical (unpaired) electrons. The van der Waals surface area contributed by atoms with E-state index in [9.17, 15) is 4.79 Å². The van der Waals surface area contributed by atoms with Crippen molar-refractivity contribution in [3.8, 4) is 5.75 Å². The van der Waals surface area contributed by atoms with Crippen LogP contribution in [0.3, 0.4) is 0 Å². The summed E-state index contributed by atoms with van der Waals surface area (Å²) in [7, 11) is 0. The Morgan fingerprint density at radius 3 is 2.52 bits per heavy atom. The number of amides is 2. The van der Waals surface area contributed by atoms with Gasteiger partial charge in [0, 0.05) is 31.6 Å². The molecule has 2 heterocycles. The Bertz CT molecular complexity index is 545. The van der Waals surface area contributed by atoms with Gasteiger partial charge in [-0.25, -0.2) is 4.79 Å². The van der Waals surface area contributed by atoms with Gasteiger partial charge in [-0.3, -0.25) is 0 Å². The van der Waals surface area contributed by atoms with Crippen LogP contribution in [0.25, 0.3) is 0 Å². The number of benzene rings is 1. The normalized spacial score (nSPS) is 19.6. The first kappa shape index (κ1) is 18.0. The number of carbonyl (C=O) groups is 1. The number of carbonyl (C=O) groups excluding carboxylic acids is 1. The molecule has 25 heavy (non-hydrogen) atoms. The van der Waals surface area contributed by atoms with E-state index in [0.717, 1.165) is 63.4 Å². The summed E-state index contributed by atoms with van der Waals surface area (Å²) in [5.41, 5.74) is 0.776. The van der Waals surface area contributed by atoms with E-state index in [2.05, 4.69) is 12.2 Å². The second-order valence-electron chi connectivity index (χ2n) is 6.60. The largest absolute Gasteiger partial charge is 0.494 e. The molecule has 6 nitrogen and oxygen atoms in total. The zero-order valence-electron chi connectivity index (χ0n) is 15.0. The summed E-state index contributed by atoms with van der Waals surface area (Å²) in [6.07, 6.45) is 4.56. The molecular formula is C19H28N2O4. The molecule has 1 aromatic carbocycles. The number of nitrogens with one attached hydrogen (secondary N) is 1. The minimum atomic E-state index is -0.466. The van der Waals surface area contributed by atoms with Crippen LogP contribution in [0, 0.1) is 0 Å². The number of ether oxygens (including phenoxy) is 3. The highest BCUT2D eigenvalue weighted by atomic mass is 16.7. The van der Waals surface area contributed by atoms with Crippen molar-refractivity contribution in [2.45, 2.75) is 44.8 Å². The number of hydrogen-bond acceptors (Lipinski definition) is 4. The van der Waals surface area contributed by atoms with Crippen LogP contribution in [-0.2, 0) is 9.47 Å². The molecule has 0 saturated carbocycles. The molecule has 1 N–H and O–H groups in total. The number of anilines is 1. The lowest BCUT2D eigenvalue weighted by molar-refractivity contribution is -0.281. The minimum absolute atomic E-state index is 0.0784. The maximum absolute atomic E-state index is 12.4. The van der Waals surface area contributed by atoms with Gasteiger partial charge < -0.3 is 24.4 Å². The Hall–Kier alpha value is -1.79. The van der Waals surface area contributed by atoms with E-state index in [1.165, 1.54) is 0 Å². The van der Waals surface area contributed by atoms with Crippen LogP contribution in [0.1, 0.15) is 39.0 Å². The summed E-state index contributed by atoms with van der Waals surface area (Å²) < 4.78 is 17.3. The molecule has 0 aliphatic carbocycles. The fourth-order valence-electron chi connectivity index (χ4n) is 3.13. The quantitative estimate of drug-likeness (QED) is 0.826. The molecule has 2 aliphatic heterocycles. The fraction of sp³-hybridized carbons (Fsp3) is 0.632. The average molecular weight is 348 g/mol. The van der Waals surface area contributed by atoms with E-state index in [1.54, 1.807) is 0 Å². The van der Waals surface area contributed by atoms with E-state index in [0.29, 0.717) is 13.1 Å². The van der Waals surface area contributed by atoms with E-state index in [1.807, 2.05) is 29.2 Å². The third kappa shape index (κ3) is 4.86. The predicted molar refractivity (Wildman–Crippen MR) is 95.9 cm³/mol. The molecule has 1 spiro atoms. The maximum atomic E-state index is 12.4. The van der Waals surface area contributed by atoms with Crippen LogP contribution in [-0.4, -0.2) is 49.6 Å². The summed E-state index contributed by atoms with van der Waals surface area (Å²) in [5.74, 6) is 0.366. The number of rotatable bonds is 5. The van der Waals surface area contributed by atoms with Crippen molar-refractivity contribution >= 4 is 11.7 Å². The Kier molecular flexibility index (Phi) is 6.15. The molecule has 2 aliphatic rings. The van der Waals surface area contributed by atoms with Crippen LogP contribution in [0.5, 0.6) is 5.75 Å². The molecule has 0 bridgehead atoms. The Morgan fingerprint density at radius 2 is 1.88 bits per heavy atom. The highest BCUT2D eigenvalue weighted by Gasteiger charge is 2.39. The Labute approximate surface area is 149 Å². The highest BCUT2D eigenvalue weighted by Crippen LogP contribution is 2.31. The SMILES string of the molecule is CCCCOc1ccc(NC(=O)N2CCC3(CC2)OCCCO3)cc1. The molecule has 138 valence electrons. The van der Waals surface area contributed by atoms with Crippen LogP contribution >= 0.6 is 0 Å². The topological polar surface area (TPSA) is 60.0 Å². The second kappa shape index (κ2) is 8.54. The lowest BCUT2D eigenvalue weighted by Gasteiger charge is -2.43. The average Bonchev–Trinajstić information content (AvgIpc) is 2.64. The lowest BCUT2D eigenvalue weighted by atomic mass is 10.0. The summed E-state index contributed by atoms with van der Waals surface area (Å²) in [5, 5.41) is 2.95. The van der Waals surface area contributed by atoms with Gasteiger partial charge in [0.05, 0.1) is 19.8 Å².